The van der Waals surface area contributed by atoms with Gasteiger partial charge in [0, 0.05) is 17.5 Å². The molecule has 0 aliphatic rings. The van der Waals surface area contributed by atoms with Crippen molar-refractivity contribution in [3.8, 4) is 11.5 Å². The van der Waals surface area contributed by atoms with Crippen LogP contribution in [0.5, 0.6) is 11.5 Å². The van der Waals surface area contributed by atoms with E-state index in [1.54, 1.807) is 16.7 Å². The lowest BCUT2D eigenvalue weighted by Gasteiger charge is -2.14. The van der Waals surface area contributed by atoms with Crippen molar-refractivity contribution in [1.29, 1.82) is 0 Å². The molecule has 0 radical (unpaired) electrons. The van der Waals surface area contributed by atoms with E-state index < -0.39 is 0 Å². The van der Waals surface area contributed by atoms with Crippen molar-refractivity contribution >= 4 is 44.9 Å². The topological polar surface area (TPSA) is 82.5 Å². The average molecular weight is 462 g/mol. The van der Waals surface area contributed by atoms with Crippen LogP contribution in [0.15, 0.2) is 28.2 Å². The first-order chi connectivity index (χ1) is 14.9. The Balaban J connectivity index is 1.80. The molecule has 31 heavy (non-hydrogen) atoms. The Morgan fingerprint density at radius 3 is 2.61 bits per heavy atom. The predicted octanol–water partition coefficient (Wildman–Crippen LogP) is 4.62. The third kappa shape index (κ3) is 5.04. The molecule has 1 amide bonds. The number of ether oxygens (including phenoxy) is 2. The van der Waals surface area contributed by atoms with Crippen LogP contribution in [-0.4, -0.2) is 34.4 Å². The summed E-state index contributed by atoms with van der Waals surface area (Å²) in [5.41, 5.74) is 1.48. The zero-order valence-electron chi connectivity index (χ0n) is 18.4. The van der Waals surface area contributed by atoms with Crippen molar-refractivity contribution in [1.82, 2.24) is 9.55 Å². The van der Waals surface area contributed by atoms with Crippen LogP contribution in [0.3, 0.4) is 0 Å². The summed E-state index contributed by atoms with van der Waals surface area (Å²) in [6.07, 6.45) is 0. The molecule has 0 fully saturated rings. The number of thiophene rings is 1. The van der Waals surface area contributed by atoms with Gasteiger partial charge >= 0.3 is 0 Å². The lowest BCUT2D eigenvalue weighted by Crippen LogP contribution is -2.23. The quantitative estimate of drug-likeness (QED) is 0.370. The SMILES string of the molecule is CCOc1ccc(OCC)c(NC(=O)CSc2nc3sc(C)c(C)c3c(=O)n2CC)c1. The Labute approximate surface area is 189 Å². The Morgan fingerprint density at radius 1 is 1.19 bits per heavy atom. The molecule has 0 unspecified atom stereocenters. The van der Waals surface area contributed by atoms with Crippen LogP contribution in [0.4, 0.5) is 5.69 Å². The molecule has 9 heteroatoms. The predicted molar refractivity (Wildman–Crippen MR) is 127 cm³/mol. The molecule has 0 bridgehead atoms. The van der Waals surface area contributed by atoms with Gasteiger partial charge in [0.15, 0.2) is 5.16 Å². The Hall–Kier alpha value is -2.52. The van der Waals surface area contributed by atoms with E-state index in [0.29, 0.717) is 47.5 Å². The molecule has 1 aromatic carbocycles. The fraction of sp³-hybridized carbons (Fsp3) is 0.409. The maximum atomic E-state index is 13.0. The van der Waals surface area contributed by atoms with Gasteiger partial charge in [0.2, 0.25) is 5.91 Å². The van der Waals surface area contributed by atoms with E-state index in [1.165, 1.54) is 23.1 Å². The van der Waals surface area contributed by atoms with E-state index in [2.05, 4.69) is 10.3 Å². The molecule has 3 aromatic rings. The maximum Gasteiger partial charge on any atom is 0.263 e. The van der Waals surface area contributed by atoms with Gasteiger partial charge in [-0.15, -0.1) is 11.3 Å². The third-order valence-electron chi connectivity index (χ3n) is 4.74. The normalized spacial score (nSPS) is 11.0. The highest BCUT2D eigenvalue weighted by Crippen LogP contribution is 2.31. The van der Waals surface area contributed by atoms with Crippen LogP contribution in [0.1, 0.15) is 31.2 Å². The highest BCUT2D eigenvalue weighted by atomic mass is 32.2. The molecule has 0 aliphatic heterocycles. The van der Waals surface area contributed by atoms with Gasteiger partial charge in [-0.25, -0.2) is 4.98 Å². The molecule has 2 heterocycles. The smallest absolute Gasteiger partial charge is 0.263 e. The summed E-state index contributed by atoms with van der Waals surface area (Å²) >= 11 is 2.76. The Kier molecular flexibility index (Phi) is 7.61. The molecule has 7 nitrogen and oxygen atoms in total. The largest absolute Gasteiger partial charge is 0.494 e. The summed E-state index contributed by atoms with van der Waals surface area (Å²) in [6, 6.07) is 5.34. The van der Waals surface area contributed by atoms with Crippen molar-refractivity contribution in [3.05, 3.63) is 39.0 Å². The number of thioether (sulfide) groups is 1. The maximum absolute atomic E-state index is 13.0. The summed E-state index contributed by atoms with van der Waals surface area (Å²) in [5.74, 6) is 1.14. The molecule has 1 N–H and O–H groups in total. The molecule has 0 saturated heterocycles. The van der Waals surface area contributed by atoms with Crippen molar-refractivity contribution in [2.75, 3.05) is 24.3 Å². The number of aryl methyl sites for hydroxylation is 2. The fourth-order valence-corrected chi connectivity index (χ4v) is 5.09. The van der Waals surface area contributed by atoms with Crippen LogP contribution in [0, 0.1) is 13.8 Å². The van der Waals surface area contributed by atoms with Crippen molar-refractivity contribution < 1.29 is 14.3 Å². The third-order valence-corrected chi connectivity index (χ3v) is 6.82. The average Bonchev–Trinajstić information content (AvgIpc) is 3.02. The van der Waals surface area contributed by atoms with E-state index >= 15 is 0 Å². The summed E-state index contributed by atoms with van der Waals surface area (Å²) in [5, 5.41) is 4.11. The standard InChI is InChI=1S/C22H27N3O4S2/c1-6-25-21(27)19-13(4)14(5)31-20(19)24-22(25)30-12-18(26)23-16-11-15(28-7-2)9-10-17(16)29-8-3/h9-11H,6-8,12H2,1-5H3,(H,23,26). The van der Waals surface area contributed by atoms with E-state index in [0.717, 1.165) is 15.3 Å². The first-order valence-corrected chi connectivity index (χ1v) is 12.0. The zero-order chi connectivity index (χ0) is 22.5. The fourth-order valence-electron chi connectivity index (χ4n) is 3.16. The number of aromatic nitrogens is 2. The number of hydrogen-bond donors (Lipinski definition) is 1. The molecule has 166 valence electrons. The molecule has 3 rings (SSSR count). The van der Waals surface area contributed by atoms with E-state index in [4.69, 9.17) is 9.47 Å². The van der Waals surface area contributed by atoms with Crippen molar-refractivity contribution in [2.45, 2.75) is 46.3 Å². The molecule has 0 aliphatic carbocycles. The molecule has 0 atom stereocenters. The first-order valence-electron chi connectivity index (χ1n) is 10.2. The minimum Gasteiger partial charge on any atom is -0.494 e. The molecule has 2 aromatic heterocycles. The van der Waals surface area contributed by atoms with Gasteiger partial charge in [0.25, 0.3) is 5.56 Å². The Morgan fingerprint density at radius 2 is 1.94 bits per heavy atom. The van der Waals surface area contributed by atoms with Gasteiger partial charge in [-0.1, -0.05) is 11.8 Å². The summed E-state index contributed by atoms with van der Waals surface area (Å²) in [7, 11) is 0. The highest BCUT2D eigenvalue weighted by molar-refractivity contribution is 7.99. The minimum atomic E-state index is -0.213. The summed E-state index contributed by atoms with van der Waals surface area (Å²) in [4.78, 5) is 32.1. The molecular weight excluding hydrogens is 434 g/mol. The molecule has 0 spiro atoms. The van der Waals surface area contributed by atoms with Gasteiger partial charge < -0.3 is 14.8 Å². The first kappa shape index (κ1) is 23.1. The van der Waals surface area contributed by atoms with Gasteiger partial charge in [0.1, 0.15) is 16.3 Å². The number of fused-ring (bicyclic) bond motifs is 1. The number of anilines is 1. The zero-order valence-corrected chi connectivity index (χ0v) is 20.0. The van der Waals surface area contributed by atoms with Crippen LogP contribution < -0.4 is 20.3 Å². The van der Waals surface area contributed by atoms with Crippen LogP contribution in [0.2, 0.25) is 0 Å². The number of hydrogen-bond acceptors (Lipinski definition) is 7. The van der Waals surface area contributed by atoms with Crippen LogP contribution in [-0.2, 0) is 11.3 Å². The van der Waals surface area contributed by atoms with Crippen molar-refractivity contribution in [3.63, 3.8) is 0 Å². The van der Waals surface area contributed by atoms with E-state index in [9.17, 15) is 9.59 Å². The lowest BCUT2D eigenvalue weighted by atomic mass is 10.2. The van der Waals surface area contributed by atoms with Gasteiger partial charge in [-0.05, 0) is 52.3 Å². The number of nitrogens with zero attached hydrogens (tertiary/aromatic N) is 2. The van der Waals surface area contributed by atoms with Gasteiger partial charge in [-0.2, -0.15) is 0 Å². The number of carbonyl (C=O) groups is 1. The van der Waals surface area contributed by atoms with E-state index in [-0.39, 0.29) is 17.2 Å². The number of rotatable bonds is 9. The van der Waals surface area contributed by atoms with Gasteiger partial charge in [-0.3, -0.25) is 14.2 Å². The second-order valence-corrected chi connectivity index (χ2v) is 8.91. The highest BCUT2D eigenvalue weighted by Gasteiger charge is 2.17. The number of benzene rings is 1. The lowest BCUT2D eigenvalue weighted by molar-refractivity contribution is -0.113. The number of nitrogens with one attached hydrogen (secondary N) is 1. The number of carbonyl (C=O) groups excluding carboxylic acids is 1. The van der Waals surface area contributed by atoms with Crippen LogP contribution >= 0.6 is 23.1 Å². The minimum absolute atomic E-state index is 0.0553. The Bertz CT molecular complexity index is 1150. The van der Waals surface area contributed by atoms with Crippen molar-refractivity contribution in [2.24, 2.45) is 0 Å². The summed E-state index contributed by atoms with van der Waals surface area (Å²) < 4.78 is 12.8. The molecule has 0 saturated carbocycles. The number of amides is 1. The van der Waals surface area contributed by atoms with Crippen LogP contribution in [0.25, 0.3) is 10.2 Å². The second kappa shape index (κ2) is 10.2. The van der Waals surface area contributed by atoms with E-state index in [1.807, 2.05) is 40.7 Å². The molecular formula is C22H27N3O4S2. The van der Waals surface area contributed by atoms with Gasteiger partial charge in [0.05, 0.1) is 30.0 Å². The summed E-state index contributed by atoms with van der Waals surface area (Å²) in [6.45, 7) is 11.1. The second-order valence-electron chi connectivity index (χ2n) is 6.77. The monoisotopic (exact) mass is 461 g/mol.